The van der Waals surface area contributed by atoms with Crippen LogP contribution < -0.4 is 0 Å². The van der Waals surface area contributed by atoms with Crippen molar-refractivity contribution in [2.75, 3.05) is 5.75 Å². The van der Waals surface area contributed by atoms with Crippen molar-refractivity contribution >= 4 is 11.8 Å². The van der Waals surface area contributed by atoms with Crippen LogP contribution in [0.1, 0.15) is 25.3 Å². The van der Waals surface area contributed by atoms with Crippen LogP contribution in [0.15, 0.2) is 29.4 Å². The lowest BCUT2D eigenvalue weighted by Gasteiger charge is -2.05. The number of nitrogens with zero attached hydrogens (tertiary/aromatic N) is 4. The van der Waals surface area contributed by atoms with Crippen LogP contribution in [0.5, 0.6) is 0 Å². The second kappa shape index (κ2) is 7.33. The van der Waals surface area contributed by atoms with Gasteiger partial charge in [-0.2, -0.15) is 4.68 Å². The van der Waals surface area contributed by atoms with Crippen LogP contribution in [-0.4, -0.2) is 32.4 Å². The smallest absolute Gasteiger partial charge is 0.210 e. The van der Waals surface area contributed by atoms with Crippen molar-refractivity contribution in [3.8, 4) is 5.69 Å². The van der Waals surface area contributed by atoms with E-state index in [1.54, 1.807) is 0 Å². The molecule has 0 bridgehead atoms. The highest BCUT2D eigenvalue weighted by Crippen LogP contribution is 2.20. The minimum Gasteiger partial charge on any atom is -0.210 e. The molecule has 0 aliphatic carbocycles. The molecule has 0 aliphatic rings. The third-order valence-electron chi connectivity index (χ3n) is 2.78. The third kappa shape index (κ3) is 4.00. The Bertz CT molecular complexity index is 527. The van der Waals surface area contributed by atoms with Crippen LogP contribution in [0.2, 0.25) is 0 Å². The molecule has 2 aromatic rings. The maximum atomic E-state index is 12.2. The van der Waals surface area contributed by atoms with Gasteiger partial charge < -0.3 is 0 Å². The van der Waals surface area contributed by atoms with Crippen molar-refractivity contribution in [1.82, 2.24) is 20.2 Å². The van der Waals surface area contributed by atoms with Gasteiger partial charge in [-0.15, -0.1) is 5.10 Å². The Balaban J connectivity index is 2.09. The number of thioether (sulfide) groups is 1. The molecule has 0 unspecified atom stereocenters. The summed E-state index contributed by atoms with van der Waals surface area (Å²) in [5, 5.41) is 11.5. The molecule has 0 aliphatic heterocycles. The maximum absolute atomic E-state index is 12.2. The zero-order valence-electron chi connectivity index (χ0n) is 11.2. The quantitative estimate of drug-likeness (QED) is 0.735. The lowest BCUT2D eigenvalue weighted by molar-refractivity contribution is 0.176. The Morgan fingerprint density at radius 3 is 2.65 bits per heavy atom. The molecular weight excluding hydrogens is 282 g/mol. The summed E-state index contributed by atoms with van der Waals surface area (Å²) < 4.78 is 25.9. The van der Waals surface area contributed by atoms with E-state index in [1.807, 2.05) is 24.3 Å². The average molecular weight is 298 g/mol. The van der Waals surface area contributed by atoms with Crippen molar-refractivity contribution in [1.29, 1.82) is 0 Å². The fourth-order valence-electron chi connectivity index (χ4n) is 1.75. The molecule has 1 aromatic carbocycles. The fraction of sp³-hybridized carbons (Fsp3) is 0.462. The highest BCUT2D eigenvalue weighted by molar-refractivity contribution is 7.99. The highest BCUT2D eigenvalue weighted by Gasteiger charge is 2.12. The first-order chi connectivity index (χ1) is 9.70. The number of tetrazole rings is 1. The number of unbranched alkanes of at least 4 members (excludes halogenated alkanes) is 1. The molecule has 1 aromatic heterocycles. The van der Waals surface area contributed by atoms with Crippen molar-refractivity contribution in [3.63, 3.8) is 0 Å². The minimum absolute atomic E-state index is 0.311. The molecule has 4 nitrogen and oxygen atoms in total. The Morgan fingerprint density at radius 1 is 1.25 bits per heavy atom. The van der Waals surface area contributed by atoms with Crippen LogP contribution >= 0.6 is 11.8 Å². The summed E-state index contributed by atoms with van der Waals surface area (Å²) in [6.07, 6.45) is 0.976. The largest absolute Gasteiger partial charge is 0.248 e. The predicted molar refractivity (Wildman–Crippen MR) is 74.5 cm³/mol. The van der Waals surface area contributed by atoms with E-state index in [4.69, 9.17) is 0 Å². The van der Waals surface area contributed by atoms with Gasteiger partial charge in [0.15, 0.2) is 0 Å². The van der Waals surface area contributed by atoms with E-state index in [-0.39, 0.29) is 5.75 Å². The van der Waals surface area contributed by atoms with Gasteiger partial charge in [0.2, 0.25) is 11.6 Å². The average Bonchev–Trinajstić information content (AvgIpc) is 2.92. The van der Waals surface area contributed by atoms with E-state index in [0.717, 1.165) is 36.7 Å². The Labute approximate surface area is 120 Å². The molecule has 0 radical (unpaired) electrons. The molecule has 0 amide bonds. The van der Waals surface area contributed by atoms with Crippen molar-refractivity contribution < 1.29 is 8.78 Å². The van der Waals surface area contributed by atoms with Gasteiger partial charge in [-0.25, -0.2) is 8.78 Å². The molecule has 0 N–H and O–H groups in total. The SMILES string of the molecule is CCCCc1ccc(-n2nnnc2SCC(F)F)cc1. The molecule has 0 atom stereocenters. The predicted octanol–water partition coefficient (Wildman–Crippen LogP) is 3.36. The summed E-state index contributed by atoms with van der Waals surface area (Å²) in [5.41, 5.74) is 2.04. The molecular formula is C13H16F2N4S. The highest BCUT2D eigenvalue weighted by atomic mass is 32.2. The number of alkyl halides is 2. The molecule has 108 valence electrons. The minimum atomic E-state index is -2.37. The van der Waals surface area contributed by atoms with Crippen LogP contribution in [0.3, 0.4) is 0 Å². The molecule has 2 rings (SSSR count). The lowest BCUT2D eigenvalue weighted by atomic mass is 10.1. The van der Waals surface area contributed by atoms with E-state index in [9.17, 15) is 8.78 Å². The van der Waals surface area contributed by atoms with Crippen LogP contribution in [-0.2, 0) is 6.42 Å². The molecule has 0 saturated carbocycles. The number of benzene rings is 1. The first-order valence-corrected chi connectivity index (χ1v) is 7.48. The maximum Gasteiger partial charge on any atom is 0.248 e. The zero-order valence-corrected chi connectivity index (χ0v) is 12.0. The molecule has 20 heavy (non-hydrogen) atoms. The van der Waals surface area contributed by atoms with Gasteiger partial charge in [0.05, 0.1) is 11.4 Å². The molecule has 0 spiro atoms. The summed E-state index contributed by atoms with van der Waals surface area (Å²) in [6, 6.07) is 7.87. The topological polar surface area (TPSA) is 43.6 Å². The molecule has 7 heteroatoms. The molecule has 1 heterocycles. The summed E-state index contributed by atoms with van der Waals surface area (Å²) in [7, 11) is 0. The van der Waals surface area contributed by atoms with E-state index < -0.39 is 6.43 Å². The van der Waals surface area contributed by atoms with Gasteiger partial charge in [-0.1, -0.05) is 37.2 Å². The second-order valence-corrected chi connectivity index (χ2v) is 5.33. The van der Waals surface area contributed by atoms with Gasteiger partial charge in [-0.05, 0) is 41.0 Å². The second-order valence-electron chi connectivity index (χ2n) is 4.35. The third-order valence-corrected chi connectivity index (χ3v) is 3.71. The monoisotopic (exact) mass is 298 g/mol. The zero-order chi connectivity index (χ0) is 14.4. The van der Waals surface area contributed by atoms with Gasteiger partial charge in [0.25, 0.3) is 0 Å². The van der Waals surface area contributed by atoms with E-state index in [1.165, 1.54) is 10.2 Å². The summed E-state index contributed by atoms with van der Waals surface area (Å²) in [6.45, 7) is 2.15. The van der Waals surface area contributed by atoms with Gasteiger partial charge in [-0.3, -0.25) is 0 Å². The first kappa shape index (κ1) is 14.9. The van der Waals surface area contributed by atoms with Crippen LogP contribution in [0.4, 0.5) is 8.78 Å². The number of rotatable bonds is 7. The number of hydrogen-bond acceptors (Lipinski definition) is 4. The van der Waals surface area contributed by atoms with Crippen molar-refractivity contribution in [2.45, 2.75) is 37.8 Å². The van der Waals surface area contributed by atoms with E-state index >= 15 is 0 Å². The van der Waals surface area contributed by atoms with Crippen LogP contribution in [0, 0.1) is 0 Å². The van der Waals surface area contributed by atoms with Crippen molar-refractivity contribution in [2.24, 2.45) is 0 Å². The van der Waals surface area contributed by atoms with Gasteiger partial charge >= 0.3 is 0 Å². The number of aromatic nitrogens is 4. The lowest BCUT2D eigenvalue weighted by Crippen LogP contribution is -2.01. The molecule has 0 fully saturated rings. The van der Waals surface area contributed by atoms with Gasteiger partial charge in [0, 0.05) is 0 Å². The van der Waals surface area contributed by atoms with E-state index in [0.29, 0.717) is 5.16 Å². The first-order valence-electron chi connectivity index (χ1n) is 6.49. The van der Waals surface area contributed by atoms with Gasteiger partial charge in [0.1, 0.15) is 0 Å². The molecule has 0 saturated heterocycles. The van der Waals surface area contributed by atoms with Crippen LogP contribution in [0.25, 0.3) is 5.69 Å². The Morgan fingerprint density at radius 2 is 2.00 bits per heavy atom. The van der Waals surface area contributed by atoms with E-state index in [2.05, 4.69) is 22.4 Å². The Kier molecular flexibility index (Phi) is 5.46. The van der Waals surface area contributed by atoms with Crippen molar-refractivity contribution in [3.05, 3.63) is 29.8 Å². The summed E-state index contributed by atoms with van der Waals surface area (Å²) in [4.78, 5) is 0. The number of aryl methyl sites for hydroxylation is 1. The standard InChI is InChI=1S/C13H16F2N4S/c1-2-3-4-10-5-7-11(8-6-10)19-13(16-17-18-19)20-9-12(14)15/h5-8,12H,2-4,9H2,1H3. The summed E-state index contributed by atoms with van der Waals surface area (Å²) >= 11 is 0.952. The summed E-state index contributed by atoms with van der Waals surface area (Å²) in [5.74, 6) is -0.311. The fourth-order valence-corrected chi connectivity index (χ4v) is 2.39. The number of hydrogen-bond donors (Lipinski definition) is 0. The normalized spacial score (nSPS) is 11.2. The number of halogens is 2. The Hall–Kier alpha value is -1.50.